The number of halogens is 1. The lowest BCUT2D eigenvalue weighted by Crippen LogP contribution is -1.94. The van der Waals surface area contributed by atoms with Crippen molar-refractivity contribution in [3.63, 3.8) is 0 Å². The molecule has 0 aliphatic rings. The second-order valence-electron chi connectivity index (χ2n) is 2.55. The van der Waals surface area contributed by atoms with Gasteiger partial charge in [-0.05, 0) is 19.1 Å². The van der Waals surface area contributed by atoms with Gasteiger partial charge in [-0.25, -0.2) is 0 Å². The van der Waals surface area contributed by atoms with E-state index in [0.29, 0.717) is 10.7 Å². The molecular weight excluding hydrogens is 204 g/mol. The standard InChI is InChI=1S/C9H9ClN2S/c1-6(5-11)13-9-7(10)3-2-4-8(9)12/h2-4,6H,12H2,1H3. The summed E-state index contributed by atoms with van der Waals surface area (Å²) in [4.78, 5) is 0.790. The molecule has 0 saturated carbocycles. The molecule has 2 nitrogen and oxygen atoms in total. The molecule has 0 saturated heterocycles. The molecule has 1 rings (SSSR count). The van der Waals surface area contributed by atoms with Crippen molar-refractivity contribution in [1.82, 2.24) is 0 Å². The van der Waals surface area contributed by atoms with Gasteiger partial charge in [0.1, 0.15) is 0 Å². The molecule has 2 N–H and O–H groups in total. The highest BCUT2D eigenvalue weighted by atomic mass is 35.5. The van der Waals surface area contributed by atoms with Gasteiger partial charge in [-0.1, -0.05) is 17.7 Å². The van der Waals surface area contributed by atoms with E-state index in [4.69, 9.17) is 22.6 Å². The van der Waals surface area contributed by atoms with Crippen LogP contribution in [-0.2, 0) is 0 Å². The number of nitrogens with zero attached hydrogens (tertiary/aromatic N) is 1. The molecule has 0 spiro atoms. The summed E-state index contributed by atoms with van der Waals surface area (Å²) < 4.78 is 0. The lowest BCUT2D eigenvalue weighted by atomic mass is 10.3. The number of hydrogen-bond acceptors (Lipinski definition) is 3. The van der Waals surface area contributed by atoms with Crippen molar-refractivity contribution in [2.45, 2.75) is 17.1 Å². The Bertz CT molecular complexity index is 326. The highest BCUT2D eigenvalue weighted by molar-refractivity contribution is 8.00. The van der Waals surface area contributed by atoms with Crippen molar-refractivity contribution >= 4 is 29.1 Å². The second-order valence-corrected chi connectivity index (χ2v) is 4.31. The first kappa shape index (κ1) is 10.2. The van der Waals surface area contributed by atoms with Crippen LogP contribution in [0.15, 0.2) is 23.1 Å². The van der Waals surface area contributed by atoms with E-state index < -0.39 is 0 Å². The Labute approximate surface area is 86.7 Å². The van der Waals surface area contributed by atoms with Crippen molar-refractivity contribution in [2.75, 3.05) is 5.73 Å². The van der Waals surface area contributed by atoms with E-state index in [0.717, 1.165) is 4.90 Å². The molecule has 4 heteroatoms. The predicted molar refractivity (Wildman–Crippen MR) is 56.8 cm³/mol. The van der Waals surface area contributed by atoms with Crippen LogP contribution in [0.25, 0.3) is 0 Å². The third kappa shape index (κ3) is 2.55. The molecule has 1 unspecified atom stereocenters. The number of nitriles is 1. The molecule has 13 heavy (non-hydrogen) atoms. The van der Waals surface area contributed by atoms with Crippen molar-refractivity contribution in [3.05, 3.63) is 23.2 Å². The van der Waals surface area contributed by atoms with Crippen LogP contribution in [0, 0.1) is 11.3 Å². The third-order valence-electron chi connectivity index (χ3n) is 1.47. The number of nitrogen functional groups attached to an aromatic ring is 1. The lowest BCUT2D eigenvalue weighted by Gasteiger charge is -2.07. The number of thioether (sulfide) groups is 1. The summed E-state index contributed by atoms with van der Waals surface area (Å²) in [6, 6.07) is 7.45. The van der Waals surface area contributed by atoms with Gasteiger partial charge in [0.05, 0.1) is 21.2 Å². The van der Waals surface area contributed by atoms with Crippen LogP contribution < -0.4 is 5.73 Å². The van der Waals surface area contributed by atoms with Crippen LogP contribution in [0.5, 0.6) is 0 Å². The number of hydrogen-bond donors (Lipinski definition) is 1. The Morgan fingerprint density at radius 2 is 2.31 bits per heavy atom. The minimum atomic E-state index is -0.137. The SMILES string of the molecule is CC(C#N)Sc1c(N)cccc1Cl. The first-order valence-electron chi connectivity index (χ1n) is 3.75. The Kier molecular flexibility index (Phi) is 3.47. The predicted octanol–water partition coefficient (Wildman–Crippen LogP) is 2.93. The van der Waals surface area contributed by atoms with Gasteiger partial charge in [0.15, 0.2) is 0 Å². The zero-order valence-corrected chi connectivity index (χ0v) is 8.69. The molecule has 0 bridgehead atoms. The van der Waals surface area contributed by atoms with E-state index in [2.05, 4.69) is 6.07 Å². The van der Waals surface area contributed by atoms with Crippen molar-refractivity contribution < 1.29 is 0 Å². The van der Waals surface area contributed by atoms with E-state index >= 15 is 0 Å². The van der Waals surface area contributed by atoms with E-state index in [1.807, 2.05) is 6.92 Å². The number of benzene rings is 1. The molecule has 0 heterocycles. The maximum Gasteiger partial charge on any atom is 0.0936 e. The monoisotopic (exact) mass is 212 g/mol. The van der Waals surface area contributed by atoms with E-state index in [9.17, 15) is 0 Å². The molecule has 0 aliphatic heterocycles. The van der Waals surface area contributed by atoms with Gasteiger partial charge in [0, 0.05) is 5.69 Å². The van der Waals surface area contributed by atoms with E-state index in [1.165, 1.54) is 11.8 Å². The summed E-state index contributed by atoms with van der Waals surface area (Å²) in [5.74, 6) is 0. The summed E-state index contributed by atoms with van der Waals surface area (Å²) in [5, 5.41) is 9.09. The first-order valence-corrected chi connectivity index (χ1v) is 5.01. The molecule has 68 valence electrons. The highest BCUT2D eigenvalue weighted by Gasteiger charge is 2.09. The molecule has 1 aromatic rings. The van der Waals surface area contributed by atoms with Gasteiger partial charge < -0.3 is 5.73 Å². The number of anilines is 1. The molecule has 0 radical (unpaired) electrons. The Balaban J connectivity index is 2.95. The molecule has 1 aromatic carbocycles. The molecule has 0 aliphatic carbocycles. The highest BCUT2D eigenvalue weighted by Crippen LogP contribution is 2.34. The largest absolute Gasteiger partial charge is 0.398 e. The molecule has 0 fully saturated rings. The minimum absolute atomic E-state index is 0.137. The average molecular weight is 213 g/mol. The maximum atomic E-state index is 8.62. The number of rotatable bonds is 2. The van der Waals surface area contributed by atoms with Crippen molar-refractivity contribution in [2.24, 2.45) is 0 Å². The van der Waals surface area contributed by atoms with Gasteiger partial charge >= 0.3 is 0 Å². The zero-order valence-electron chi connectivity index (χ0n) is 7.12. The fourth-order valence-electron chi connectivity index (χ4n) is 0.853. The van der Waals surface area contributed by atoms with Crippen LogP contribution in [-0.4, -0.2) is 5.25 Å². The smallest absolute Gasteiger partial charge is 0.0936 e. The van der Waals surface area contributed by atoms with Crippen molar-refractivity contribution in [3.8, 4) is 6.07 Å². The molecule has 1 atom stereocenters. The first-order chi connectivity index (χ1) is 6.15. The third-order valence-corrected chi connectivity index (χ3v) is 3.05. The van der Waals surface area contributed by atoms with Gasteiger partial charge in [-0.15, -0.1) is 11.8 Å². The minimum Gasteiger partial charge on any atom is -0.398 e. The van der Waals surface area contributed by atoms with Gasteiger partial charge in [0.25, 0.3) is 0 Å². The second kappa shape index (κ2) is 4.40. The van der Waals surface area contributed by atoms with Crippen LogP contribution in [0.1, 0.15) is 6.92 Å². The number of nitrogens with two attached hydrogens (primary N) is 1. The van der Waals surface area contributed by atoms with Crippen LogP contribution in [0.3, 0.4) is 0 Å². The molecule has 0 amide bonds. The van der Waals surface area contributed by atoms with Crippen LogP contribution >= 0.6 is 23.4 Å². The summed E-state index contributed by atoms with van der Waals surface area (Å²) >= 11 is 7.30. The Hall–Kier alpha value is -0.850. The summed E-state index contributed by atoms with van der Waals surface area (Å²) in [6.45, 7) is 1.81. The molecule has 0 aromatic heterocycles. The maximum absolute atomic E-state index is 8.62. The van der Waals surface area contributed by atoms with Gasteiger partial charge in [-0.3, -0.25) is 0 Å². The van der Waals surface area contributed by atoms with E-state index in [-0.39, 0.29) is 5.25 Å². The fraction of sp³-hybridized carbons (Fsp3) is 0.222. The van der Waals surface area contributed by atoms with Crippen LogP contribution in [0.4, 0.5) is 5.69 Å². The summed E-state index contributed by atoms with van der Waals surface area (Å²) in [7, 11) is 0. The average Bonchev–Trinajstić information content (AvgIpc) is 2.11. The normalized spacial score (nSPS) is 12.1. The summed E-state index contributed by atoms with van der Waals surface area (Å²) in [5.41, 5.74) is 6.33. The summed E-state index contributed by atoms with van der Waals surface area (Å²) in [6.07, 6.45) is 0. The van der Waals surface area contributed by atoms with Gasteiger partial charge in [0.2, 0.25) is 0 Å². The Morgan fingerprint density at radius 3 is 2.85 bits per heavy atom. The zero-order chi connectivity index (χ0) is 9.84. The van der Waals surface area contributed by atoms with Gasteiger partial charge in [-0.2, -0.15) is 5.26 Å². The quantitative estimate of drug-likeness (QED) is 0.606. The van der Waals surface area contributed by atoms with E-state index in [1.54, 1.807) is 18.2 Å². The van der Waals surface area contributed by atoms with Crippen LogP contribution in [0.2, 0.25) is 5.02 Å². The fourth-order valence-corrected chi connectivity index (χ4v) is 1.96. The molecular formula is C9H9ClN2S. The Morgan fingerprint density at radius 1 is 1.62 bits per heavy atom. The lowest BCUT2D eigenvalue weighted by molar-refractivity contribution is 1.23. The topological polar surface area (TPSA) is 49.8 Å². The van der Waals surface area contributed by atoms with Crippen molar-refractivity contribution in [1.29, 1.82) is 5.26 Å².